The van der Waals surface area contributed by atoms with Gasteiger partial charge in [-0.3, -0.25) is 4.79 Å². The van der Waals surface area contributed by atoms with Crippen molar-refractivity contribution in [3.63, 3.8) is 0 Å². The summed E-state index contributed by atoms with van der Waals surface area (Å²) >= 11 is 1.61. The summed E-state index contributed by atoms with van der Waals surface area (Å²) in [4.78, 5) is 17.8. The number of unbranched alkanes of at least 4 members (excludes halogenated alkanes) is 1. The van der Waals surface area contributed by atoms with Crippen LogP contribution in [0.25, 0.3) is 11.1 Å². The maximum absolute atomic E-state index is 12.8. The molecule has 25 heavy (non-hydrogen) atoms. The van der Waals surface area contributed by atoms with Gasteiger partial charge >= 0.3 is 0 Å². The van der Waals surface area contributed by atoms with Crippen molar-refractivity contribution in [3.8, 4) is 11.1 Å². The van der Waals surface area contributed by atoms with Crippen molar-refractivity contribution < 1.29 is 9.53 Å². The Morgan fingerprint density at radius 2 is 1.96 bits per heavy atom. The molecule has 0 radical (unpaired) electrons. The molecular weight excluding hydrogens is 332 g/mol. The van der Waals surface area contributed by atoms with E-state index in [4.69, 9.17) is 4.74 Å². The molecule has 1 fully saturated rings. The molecule has 0 atom stereocenters. The lowest BCUT2D eigenvalue weighted by molar-refractivity contribution is 0.0798. The number of carbonyl (C=O) groups excluding carboxylic acids is 1. The summed E-state index contributed by atoms with van der Waals surface area (Å²) < 4.78 is 5.49. The Morgan fingerprint density at radius 1 is 1.24 bits per heavy atom. The molecule has 0 spiro atoms. The highest BCUT2D eigenvalue weighted by atomic mass is 32.1. The number of hydrogen-bond donors (Lipinski definition) is 0. The van der Waals surface area contributed by atoms with Gasteiger partial charge in [0.25, 0.3) is 5.91 Å². The minimum atomic E-state index is 0.121. The molecule has 3 rings (SSSR count). The van der Waals surface area contributed by atoms with Gasteiger partial charge in [-0.25, -0.2) is 0 Å². The third kappa shape index (κ3) is 4.22. The van der Waals surface area contributed by atoms with Crippen LogP contribution in [-0.2, 0) is 4.74 Å². The number of carbonyl (C=O) groups is 1. The Balaban J connectivity index is 1.92. The van der Waals surface area contributed by atoms with Crippen molar-refractivity contribution in [1.29, 1.82) is 0 Å². The monoisotopic (exact) mass is 358 g/mol. The van der Waals surface area contributed by atoms with Crippen molar-refractivity contribution in [2.45, 2.75) is 19.8 Å². The van der Waals surface area contributed by atoms with Crippen LogP contribution >= 0.6 is 11.3 Å². The Labute approximate surface area is 154 Å². The molecule has 1 aromatic carbocycles. The molecule has 2 aromatic rings. The standard InChI is InChI=1S/C20H26N2O2S/c1-3-4-10-21(2)19(23)18-15-17(16-8-6-5-7-9-16)20(25-18)22-11-13-24-14-12-22/h5-9,15H,3-4,10-14H2,1-2H3. The molecular formula is C20H26N2O2S. The smallest absolute Gasteiger partial charge is 0.263 e. The SMILES string of the molecule is CCCCN(C)C(=O)c1cc(-c2ccccc2)c(N2CCOCC2)s1. The van der Waals surface area contributed by atoms with E-state index in [1.165, 1.54) is 5.00 Å². The first-order valence-electron chi connectivity index (χ1n) is 8.98. The maximum Gasteiger partial charge on any atom is 0.263 e. The zero-order chi connectivity index (χ0) is 17.6. The minimum absolute atomic E-state index is 0.121. The largest absolute Gasteiger partial charge is 0.378 e. The molecule has 0 aliphatic carbocycles. The molecule has 1 amide bonds. The Bertz CT molecular complexity index is 693. The summed E-state index contributed by atoms with van der Waals surface area (Å²) in [5.74, 6) is 0.121. The maximum atomic E-state index is 12.8. The molecule has 0 saturated carbocycles. The summed E-state index contributed by atoms with van der Waals surface area (Å²) in [6.07, 6.45) is 2.13. The fourth-order valence-electron chi connectivity index (χ4n) is 3.00. The van der Waals surface area contributed by atoms with E-state index in [1.54, 1.807) is 11.3 Å². The number of amides is 1. The summed E-state index contributed by atoms with van der Waals surface area (Å²) in [5, 5.41) is 1.18. The molecule has 0 N–H and O–H groups in total. The Morgan fingerprint density at radius 3 is 2.64 bits per heavy atom. The van der Waals surface area contributed by atoms with Crippen LogP contribution in [0.2, 0.25) is 0 Å². The first-order chi connectivity index (χ1) is 12.2. The molecule has 0 unspecified atom stereocenters. The topological polar surface area (TPSA) is 32.8 Å². The van der Waals surface area contributed by atoms with E-state index >= 15 is 0 Å². The lowest BCUT2D eigenvalue weighted by atomic mass is 10.1. The van der Waals surface area contributed by atoms with Gasteiger partial charge in [-0.05, 0) is 18.1 Å². The van der Waals surface area contributed by atoms with E-state index in [-0.39, 0.29) is 5.91 Å². The quantitative estimate of drug-likeness (QED) is 0.778. The van der Waals surface area contributed by atoms with E-state index < -0.39 is 0 Å². The molecule has 1 aromatic heterocycles. The summed E-state index contributed by atoms with van der Waals surface area (Å²) in [6, 6.07) is 12.4. The molecule has 5 heteroatoms. The van der Waals surface area contributed by atoms with Crippen molar-refractivity contribution in [2.75, 3.05) is 44.8 Å². The van der Waals surface area contributed by atoms with Gasteiger partial charge in [-0.1, -0.05) is 43.7 Å². The second-order valence-corrected chi connectivity index (χ2v) is 7.41. The predicted molar refractivity (Wildman–Crippen MR) is 105 cm³/mol. The first-order valence-corrected chi connectivity index (χ1v) is 9.79. The average Bonchev–Trinajstić information content (AvgIpc) is 3.12. The van der Waals surface area contributed by atoms with Crippen LogP contribution < -0.4 is 4.90 Å². The average molecular weight is 359 g/mol. The van der Waals surface area contributed by atoms with Gasteiger partial charge in [0.05, 0.1) is 23.1 Å². The zero-order valence-electron chi connectivity index (χ0n) is 15.0. The van der Waals surface area contributed by atoms with Gasteiger partial charge in [0, 0.05) is 32.2 Å². The summed E-state index contributed by atoms with van der Waals surface area (Å²) in [5.41, 5.74) is 2.32. The number of rotatable bonds is 6. The third-order valence-electron chi connectivity index (χ3n) is 4.50. The Kier molecular flexibility index (Phi) is 6.10. The van der Waals surface area contributed by atoms with E-state index in [0.29, 0.717) is 0 Å². The number of benzene rings is 1. The molecule has 4 nitrogen and oxygen atoms in total. The van der Waals surface area contributed by atoms with Crippen LogP contribution in [0.5, 0.6) is 0 Å². The van der Waals surface area contributed by atoms with Crippen molar-refractivity contribution >= 4 is 22.2 Å². The van der Waals surface area contributed by atoms with Gasteiger partial charge in [0.1, 0.15) is 0 Å². The van der Waals surface area contributed by atoms with Crippen LogP contribution in [0.3, 0.4) is 0 Å². The normalized spacial score (nSPS) is 14.6. The number of anilines is 1. The fourth-order valence-corrected chi connectivity index (χ4v) is 4.22. The fraction of sp³-hybridized carbons (Fsp3) is 0.450. The van der Waals surface area contributed by atoms with Crippen molar-refractivity contribution in [2.24, 2.45) is 0 Å². The second-order valence-electron chi connectivity index (χ2n) is 6.38. The van der Waals surface area contributed by atoms with E-state index in [2.05, 4.69) is 30.0 Å². The lowest BCUT2D eigenvalue weighted by Crippen LogP contribution is -2.35. The van der Waals surface area contributed by atoms with Gasteiger partial charge in [0.15, 0.2) is 0 Å². The molecule has 2 heterocycles. The highest BCUT2D eigenvalue weighted by molar-refractivity contribution is 7.18. The van der Waals surface area contributed by atoms with E-state index in [1.807, 2.05) is 30.1 Å². The molecule has 1 aliphatic rings. The summed E-state index contributed by atoms with van der Waals surface area (Å²) in [7, 11) is 1.90. The molecule has 1 aliphatic heterocycles. The van der Waals surface area contributed by atoms with E-state index in [9.17, 15) is 4.79 Å². The van der Waals surface area contributed by atoms with Crippen LogP contribution in [0.1, 0.15) is 29.4 Å². The van der Waals surface area contributed by atoms with Crippen LogP contribution in [0.15, 0.2) is 36.4 Å². The first kappa shape index (κ1) is 18.0. The minimum Gasteiger partial charge on any atom is -0.378 e. The molecule has 1 saturated heterocycles. The van der Waals surface area contributed by atoms with Gasteiger partial charge in [-0.2, -0.15) is 0 Å². The van der Waals surface area contributed by atoms with Crippen molar-refractivity contribution in [1.82, 2.24) is 4.90 Å². The second kappa shape index (κ2) is 8.50. The van der Waals surface area contributed by atoms with Crippen LogP contribution in [0, 0.1) is 0 Å². The summed E-state index contributed by atoms with van der Waals surface area (Å²) in [6.45, 7) is 6.19. The van der Waals surface area contributed by atoms with Gasteiger partial charge in [0.2, 0.25) is 0 Å². The van der Waals surface area contributed by atoms with Gasteiger partial charge in [-0.15, -0.1) is 11.3 Å². The highest BCUT2D eigenvalue weighted by Gasteiger charge is 2.23. The van der Waals surface area contributed by atoms with Crippen molar-refractivity contribution in [3.05, 3.63) is 41.3 Å². The zero-order valence-corrected chi connectivity index (χ0v) is 15.8. The number of morpholine rings is 1. The lowest BCUT2D eigenvalue weighted by Gasteiger charge is -2.28. The molecule has 0 bridgehead atoms. The van der Waals surface area contributed by atoms with E-state index in [0.717, 1.165) is 61.7 Å². The third-order valence-corrected chi connectivity index (χ3v) is 5.68. The number of nitrogens with zero attached hydrogens (tertiary/aromatic N) is 2. The predicted octanol–water partition coefficient (Wildman–Crippen LogP) is 4.12. The number of thiophene rings is 1. The Hall–Kier alpha value is -1.85. The number of hydrogen-bond acceptors (Lipinski definition) is 4. The van der Waals surface area contributed by atoms with Gasteiger partial charge < -0.3 is 14.5 Å². The van der Waals surface area contributed by atoms with Crippen LogP contribution in [-0.4, -0.2) is 50.7 Å². The molecule has 134 valence electrons. The van der Waals surface area contributed by atoms with Crippen LogP contribution in [0.4, 0.5) is 5.00 Å². The highest BCUT2D eigenvalue weighted by Crippen LogP contribution is 2.39. The number of ether oxygens (including phenoxy) is 1.